The third kappa shape index (κ3) is 5.87. The molecule has 1 aromatic carbocycles. The van der Waals surface area contributed by atoms with Gasteiger partial charge in [-0.1, -0.05) is 6.92 Å². The van der Waals surface area contributed by atoms with Crippen LogP contribution < -0.4 is 10.6 Å². The molecule has 1 amide bonds. The molecule has 3 nitrogen and oxygen atoms in total. The quantitative estimate of drug-likeness (QED) is 0.682. The number of hydrogen-bond acceptors (Lipinski definition) is 3. The van der Waals surface area contributed by atoms with Crippen molar-refractivity contribution in [3.8, 4) is 0 Å². The fourth-order valence-electron chi connectivity index (χ4n) is 1.94. The molecule has 0 aromatic heterocycles. The summed E-state index contributed by atoms with van der Waals surface area (Å²) < 4.78 is 0. The number of aryl methyl sites for hydroxylation is 1. The number of anilines is 1. The fourth-order valence-corrected chi connectivity index (χ4v) is 2.43. The highest BCUT2D eigenvalue weighted by Crippen LogP contribution is 2.16. The van der Waals surface area contributed by atoms with E-state index in [0.717, 1.165) is 54.9 Å². The van der Waals surface area contributed by atoms with Gasteiger partial charge < -0.3 is 10.6 Å². The Morgan fingerprint density at radius 2 is 2.05 bits per heavy atom. The van der Waals surface area contributed by atoms with Crippen LogP contribution in [0, 0.1) is 6.92 Å². The van der Waals surface area contributed by atoms with Gasteiger partial charge in [0.1, 0.15) is 0 Å². The van der Waals surface area contributed by atoms with Crippen LogP contribution in [0.3, 0.4) is 0 Å². The normalized spacial score (nSPS) is 10.3. The SMILES string of the molecule is CCCNc1ccc(C(=O)NCCCCSC)cc1C. The van der Waals surface area contributed by atoms with Gasteiger partial charge in [-0.05, 0) is 62.0 Å². The molecule has 20 heavy (non-hydrogen) atoms. The predicted octanol–water partition coefficient (Wildman–Crippen LogP) is 3.69. The number of amides is 1. The van der Waals surface area contributed by atoms with Crippen molar-refractivity contribution >= 4 is 23.4 Å². The minimum absolute atomic E-state index is 0.0271. The van der Waals surface area contributed by atoms with Gasteiger partial charge in [-0.3, -0.25) is 4.79 Å². The van der Waals surface area contributed by atoms with E-state index < -0.39 is 0 Å². The molecule has 0 aliphatic rings. The molecular weight excluding hydrogens is 268 g/mol. The van der Waals surface area contributed by atoms with Crippen LogP contribution in [-0.2, 0) is 0 Å². The standard InChI is InChI=1S/C16H26N2OS/c1-4-9-17-15-8-7-14(12-13(15)2)16(19)18-10-5-6-11-20-3/h7-8,12,17H,4-6,9-11H2,1-3H3,(H,18,19). The lowest BCUT2D eigenvalue weighted by atomic mass is 10.1. The molecule has 0 saturated heterocycles. The zero-order chi connectivity index (χ0) is 14.8. The number of rotatable bonds is 9. The molecule has 0 aliphatic carbocycles. The summed E-state index contributed by atoms with van der Waals surface area (Å²) >= 11 is 1.85. The third-order valence-corrected chi connectivity index (χ3v) is 3.81. The number of benzene rings is 1. The molecule has 0 unspecified atom stereocenters. The van der Waals surface area contributed by atoms with Crippen molar-refractivity contribution in [2.45, 2.75) is 33.1 Å². The minimum atomic E-state index is 0.0271. The van der Waals surface area contributed by atoms with Gasteiger partial charge in [0, 0.05) is 24.3 Å². The van der Waals surface area contributed by atoms with E-state index in [4.69, 9.17) is 0 Å². The Hall–Kier alpha value is -1.16. The highest BCUT2D eigenvalue weighted by molar-refractivity contribution is 7.98. The average molecular weight is 294 g/mol. The molecule has 2 N–H and O–H groups in total. The number of hydrogen-bond donors (Lipinski definition) is 2. The second-order valence-electron chi connectivity index (χ2n) is 4.91. The smallest absolute Gasteiger partial charge is 0.251 e. The fraction of sp³-hybridized carbons (Fsp3) is 0.562. The van der Waals surface area contributed by atoms with Crippen molar-refractivity contribution in [3.05, 3.63) is 29.3 Å². The van der Waals surface area contributed by atoms with Crippen LogP contribution in [0.4, 0.5) is 5.69 Å². The molecule has 0 spiro atoms. The number of carbonyl (C=O) groups is 1. The zero-order valence-electron chi connectivity index (χ0n) is 12.8. The minimum Gasteiger partial charge on any atom is -0.385 e. The summed E-state index contributed by atoms with van der Waals surface area (Å²) in [6, 6.07) is 5.84. The van der Waals surface area contributed by atoms with Crippen molar-refractivity contribution in [2.75, 3.05) is 30.4 Å². The lowest BCUT2D eigenvalue weighted by Crippen LogP contribution is -2.24. The molecule has 1 rings (SSSR count). The molecule has 1 aromatic rings. The van der Waals surface area contributed by atoms with Crippen LogP contribution in [0.15, 0.2) is 18.2 Å². The number of unbranched alkanes of at least 4 members (excludes halogenated alkanes) is 1. The maximum absolute atomic E-state index is 12.0. The van der Waals surface area contributed by atoms with Gasteiger partial charge in [-0.15, -0.1) is 0 Å². The third-order valence-electron chi connectivity index (χ3n) is 3.11. The molecule has 0 saturated carbocycles. The van der Waals surface area contributed by atoms with Gasteiger partial charge in [0.05, 0.1) is 0 Å². The first-order valence-corrected chi connectivity index (χ1v) is 8.70. The van der Waals surface area contributed by atoms with E-state index in [-0.39, 0.29) is 5.91 Å². The Kier molecular flexibility index (Phi) is 8.19. The summed E-state index contributed by atoms with van der Waals surface area (Å²) in [6.07, 6.45) is 5.40. The number of carbonyl (C=O) groups excluding carboxylic acids is 1. The molecular formula is C16H26N2OS. The highest BCUT2D eigenvalue weighted by atomic mass is 32.2. The van der Waals surface area contributed by atoms with Gasteiger partial charge in [0.25, 0.3) is 5.91 Å². The summed E-state index contributed by atoms with van der Waals surface area (Å²) in [7, 11) is 0. The Bertz CT molecular complexity index is 421. The van der Waals surface area contributed by atoms with E-state index in [9.17, 15) is 4.79 Å². The van der Waals surface area contributed by atoms with Crippen LogP contribution in [-0.4, -0.2) is 31.0 Å². The molecule has 0 heterocycles. The van der Waals surface area contributed by atoms with Crippen LogP contribution in [0.25, 0.3) is 0 Å². The van der Waals surface area contributed by atoms with E-state index in [1.54, 1.807) is 0 Å². The van der Waals surface area contributed by atoms with Crippen LogP contribution >= 0.6 is 11.8 Å². The van der Waals surface area contributed by atoms with E-state index in [0.29, 0.717) is 0 Å². The number of nitrogens with one attached hydrogen (secondary N) is 2. The molecule has 0 bridgehead atoms. The van der Waals surface area contributed by atoms with Crippen molar-refractivity contribution in [2.24, 2.45) is 0 Å². The summed E-state index contributed by atoms with van der Waals surface area (Å²) in [4.78, 5) is 12.0. The first-order chi connectivity index (χ1) is 9.69. The Morgan fingerprint density at radius 1 is 1.25 bits per heavy atom. The second-order valence-corrected chi connectivity index (χ2v) is 5.90. The lowest BCUT2D eigenvalue weighted by molar-refractivity contribution is 0.0953. The zero-order valence-corrected chi connectivity index (χ0v) is 13.6. The maximum atomic E-state index is 12.0. The molecule has 0 fully saturated rings. The van der Waals surface area contributed by atoms with Crippen LogP contribution in [0.1, 0.15) is 42.1 Å². The van der Waals surface area contributed by atoms with Crippen molar-refractivity contribution in [3.63, 3.8) is 0 Å². The average Bonchev–Trinajstić information content (AvgIpc) is 2.45. The first kappa shape index (κ1) is 16.9. The number of thioether (sulfide) groups is 1. The predicted molar refractivity (Wildman–Crippen MR) is 89.9 cm³/mol. The molecule has 0 aliphatic heterocycles. The first-order valence-electron chi connectivity index (χ1n) is 7.30. The molecule has 112 valence electrons. The topological polar surface area (TPSA) is 41.1 Å². The summed E-state index contributed by atoms with van der Waals surface area (Å²) in [5, 5.41) is 6.34. The monoisotopic (exact) mass is 294 g/mol. The lowest BCUT2D eigenvalue weighted by Gasteiger charge is -2.10. The van der Waals surface area contributed by atoms with Crippen molar-refractivity contribution in [1.29, 1.82) is 0 Å². The summed E-state index contributed by atoms with van der Waals surface area (Å²) in [5.41, 5.74) is 2.98. The second kappa shape index (κ2) is 9.70. The molecule has 0 atom stereocenters. The Balaban J connectivity index is 2.46. The summed E-state index contributed by atoms with van der Waals surface area (Å²) in [5.74, 6) is 1.19. The van der Waals surface area contributed by atoms with E-state index >= 15 is 0 Å². The van der Waals surface area contributed by atoms with Crippen LogP contribution in [0.2, 0.25) is 0 Å². The van der Waals surface area contributed by atoms with Crippen molar-refractivity contribution < 1.29 is 4.79 Å². The molecule has 4 heteroatoms. The van der Waals surface area contributed by atoms with Gasteiger partial charge >= 0.3 is 0 Å². The van der Waals surface area contributed by atoms with Gasteiger partial charge in [0.2, 0.25) is 0 Å². The highest BCUT2D eigenvalue weighted by Gasteiger charge is 2.06. The van der Waals surface area contributed by atoms with E-state index in [2.05, 4.69) is 23.8 Å². The van der Waals surface area contributed by atoms with Crippen LogP contribution in [0.5, 0.6) is 0 Å². The van der Waals surface area contributed by atoms with E-state index in [1.165, 1.54) is 0 Å². The largest absolute Gasteiger partial charge is 0.385 e. The van der Waals surface area contributed by atoms with Gasteiger partial charge in [0.15, 0.2) is 0 Å². The van der Waals surface area contributed by atoms with E-state index in [1.807, 2.05) is 36.9 Å². The molecule has 0 radical (unpaired) electrons. The summed E-state index contributed by atoms with van der Waals surface area (Å²) in [6.45, 7) is 5.89. The Morgan fingerprint density at radius 3 is 2.70 bits per heavy atom. The maximum Gasteiger partial charge on any atom is 0.251 e. The van der Waals surface area contributed by atoms with Gasteiger partial charge in [-0.25, -0.2) is 0 Å². The van der Waals surface area contributed by atoms with Crippen molar-refractivity contribution in [1.82, 2.24) is 5.32 Å². The Labute approximate surface area is 126 Å². The van der Waals surface area contributed by atoms with Gasteiger partial charge in [-0.2, -0.15) is 11.8 Å².